The van der Waals surface area contributed by atoms with Gasteiger partial charge in [0.15, 0.2) is 6.23 Å². The predicted octanol–water partition coefficient (Wildman–Crippen LogP) is 3.22. The first kappa shape index (κ1) is 14.6. The molecule has 1 heterocycles. The number of carbonyl (C=O) groups excluding carboxylic acids is 1. The molecule has 4 nitrogen and oxygen atoms in total. The molecular weight excluding hydrogens is 278 g/mol. The van der Waals surface area contributed by atoms with Crippen LogP contribution in [0, 0.1) is 0 Å². The van der Waals surface area contributed by atoms with Gasteiger partial charge in [-0.25, -0.2) is 4.79 Å². The van der Waals surface area contributed by atoms with Crippen LogP contribution in [0.4, 0.5) is 4.79 Å². The third-order valence-electron chi connectivity index (χ3n) is 3.67. The first-order valence-corrected chi connectivity index (χ1v) is 7.46. The van der Waals surface area contributed by atoms with Crippen molar-refractivity contribution in [3.63, 3.8) is 0 Å². The molecule has 0 bridgehead atoms. The molecule has 0 aromatic heterocycles. The first-order chi connectivity index (χ1) is 10.8. The fraction of sp³-hybridized carbons (Fsp3) is 0.278. The third kappa shape index (κ3) is 3.65. The Hall–Kier alpha value is -2.33. The van der Waals surface area contributed by atoms with E-state index in [1.165, 1.54) is 5.56 Å². The number of cyclic esters (lactones) is 1. The van der Waals surface area contributed by atoms with E-state index in [0.29, 0.717) is 19.8 Å². The summed E-state index contributed by atoms with van der Waals surface area (Å²) < 4.78 is 11.0. The van der Waals surface area contributed by atoms with Crippen molar-refractivity contribution in [1.82, 2.24) is 4.90 Å². The minimum absolute atomic E-state index is 0.292. The van der Waals surface area contributed by atoms with Crippen molar-refractivity contribution in [2.24, 2.45) is 0 Å². The topological polar surface area (TPSA) is 38.8 Å². The Morgan fingerprint density at radius 2 is 1.64 bits per heavy atom. The van der Waals surface area contributed by atoms with E-state index < -0.39 is 0 Å². The van der Waals surface area contributed by atoms with E-state index in [4.69, 9.17) is 9.47 Å². The van der Waals surface area contributed by atoms with E-state index in [-0.39, 0.29) is 12.3 Å². The van der Waals surface area contributed by atoms with Crippen molar-refractivity contribution < 1.29 is 14.3 Å². The molecule has 22 heavy (non-hydrogen) atoms. The van der Waals surface area contributed by atoms with Gasteiger partial charge in [-0.3, -0.25) is 4.90 Å². The SMILES string of the molecule is O=C1OCC(OCCc2ccccc2)N1Cc1ccccc1. The van der Waals surface area contributed by atoms with Gasteiger partial charge >= 0.3 is 6.09 Å². The summed E-state index contributed by atoms with van der Waals surface area (Å²) in [5.74, 6) is 0. The van der Waals surface area contributed by atoms with Gasteiger partial charge in [-0.1, -0.05) is 60.7 Å². The van der Waals surface area contributed by atoms with Crippen LogP contribution in [0.1, 0.15) is 11.1 Å². The lowest BCUT2D eigenvalue weighted by Crippen LogP contribution is -2.35. The Bertz CT molecular complexity index is 600. The van der Waals surface area contributed by atoms with Crippen LogP contribution in [0.15, 0.2) is 60.7 Å². The first-order valence-electron chi connectivity index (χ1n) is 7.46. The van der Waals surface area contributed by atoms with Crippen molar-refractivity contribution in [3.05, 3.63) is 71.8 Å². The average molecular weight is 297 g/mol. The molecule has 114 valence electrons. The summed E-state index contributed by atoms with van der Waals surface area (Å²) in [6.45, 7) is 1.37. The normalized spacial score (nSPS) is 17.5. The van der Waals surface area contributed by atoms with Gasteiger partial charge in [-0.15, -0.1) is 0 Å². The number of benzene rings is 2. The van der Waals surface area contributed by atoms with Crippen LogP contribution in [-0.4, -0.2) is 30.4 Å². The third-order valence-corrected chi connectivity index (χ3v) is 3.67. The van der Waals surface area contributed by atoms with Gasteiger partial charge in [-0.05, 0) is 17.5 Å². The van der Waals surface area contributed by atoms with Crippen molar-refractivity contribution in [1.29, 1.82) is 0 Å². The van der Waals surface area contributed by atoms with Crippen LogP contribution in [0.25, 0.3) is 0 Å². The van der Waals surface area contributed by atoms with E-state index in [2.05, 4.69) is 12.1 Å². The Morgan fingerprint density at radius 1 is 1.00 bits per heavy atom. The number of hydrogen-bond donors (Lipinski definition) is 0. The zero-order chi connectivity index (χ0) is 15.2. The molecule has 1 amide bonds. The number of rotatable bonds is 6. The summed E-state index contributed by atoms with van der Waals surface area (Å²) in [5, 5.41) is 0. The molecule has 2 aromatic carbocycles. The molecule has 0 spiro atoms. The van der Waals surface area contributed by atoms with Gasteiger partial charge in [0.1, 0.15) is 6.61 Å². The monoisotopic (exact) mass is 297 g/mol. The molecule has 1 atom stereocenters. The molecule has 0 aliphatic carbocycles. The van der Waals surface area contributed by atoms with Crippen LogP contribution in [0.3, 0.4) is 0 Å². The van der Waals surface area contributed by atoms with E-state index in [1.807, 2.05) is 48.5 Å². The van der Waals surface area contributed by atoms with Gasteiger partial charge < -0.3 is 9.47 Å². The predicted molar refractivity (Wildman–Crippen MR) is 83.2 cm³/mol. The maximum Gasteiger partial charge on any atom is 0.412 e. The number of ether oxygens (including phenoxy) is 2. The highest BCUT2D eigenvalue weighted by atomic mass is 16.6. The Balaban J connectivity index is 1.54. The number of amides is 1. The number of carbonyl (C=O) groups is 1. The van der Waals surface area contributed by atoms with Crippen LogP contribution in [0.2, 0.25) is 0 Å². The Morgan fingerprint density at radius 3 is 2.32 bits per heavy atom. The second kappa shape index (κ2) is 7.09. The highest BCUT2D eigenvalue weighted by molar-refractivity contribution is 5.69. The van der Waals surface area contributed by atoms with Gasteiger partial charge in [0, 0.05) is 0 Å². The quantitative estimate of drug-likeness (QED) is 0.821. The summed E-state index contributed by atoms with van der Waals surface area (Å²) in [5.41, 5.74) is 2.29. The Kier molecular flexibility index (Phi) is 4.71. The highest BCUT2D eigenvalue weighted by Crippen LogP contribution is 2.17. The van der Waals surface area contributed by atoms with Crippen molar-refractivity contribution in [2.45, 2.75) is 19.2 Å². The largest absolute Gasteiger partial charge is 0.445 e. The maximum absolute atomic E-state index is 11.8. The minimum Gasteiger partial charge on any atom is -0.445 e. The summed E-state index contributed by atoms with van der Waals surface area (Å²) in [7, 11) is 0. The smallest absolute Gasteiger partial charge is 0.412 e. The molecule has 0 saturated carbocycles. The summed E-state index contributed by atoms with van der Waals surface area (Å²) >= 11 is 0. The molecule has 1 aliphatic heterocycles. The molecule has 4 heteroatoms. The van der Waals surface area contributed by atoms with E-state index in [0.717, 1.165) is 12.0 Å². The Labute approximate surface area is 130 Å². The van der Waals surface area contributed by atoms with Gasteiger partial charge in [-0.2, -0.15) is 0 Å². The fourth-order valence-corrected chi connectivity index (χ4v) is 2.48. The molecule has 0 N–H and O–H groups in total. The van der Waals surface area contributed by atoms with Gasteiger partial charge in [0.25, 0.3) is 0 Å². The highest BCUT2D eigenvalue weighted by Gasteiger charge is 2.33. The second-order valence-electron chi connectivity index (χ2n) is 5.25. The summed E-state index contributed by atoms with van der Waals surface area (Å²) in [6.07, 6.45) is 0.204. The molecule has 2 aromatic rings. The van der Waals surface area contributed by atoms with Gasteiger partial charge in [0.05, 0.1) is 13.2 Å². The zero-order valence-electron chi connectivity index (χ0n) is 12.4. The van der Waals surface area contributed by atoms with Crippen molar-refractivity contribution >= 4 is 6.09 Å². The maximum atomic E-state index is 11.8. The summed E-state index contributed by atoms with van der Waals surface area (Å²) in [6, 6.07) is 20.0. The standard InChI is InChI=1S/C18H19NO3/c20-18-19(13-16-9-5-2-6-10-16)17(14-22-18)21-12-11-15-7-3-1-4-8-15/h1-10,17H,11-14H2. The van der Waals surface area contributed by atoms with Crippen molar-refractivity contribution in [2.75, 3.05) is 13.2 Å². The van der Waals surface area contributed by atoms with Crippen LogP contribution < -0.4 is 0 Å². The number of nitrogens with zero attached hydrogens (tertiary/aromatic N) is 1. The molecule has 3 rings (SSSR count). The molecular formula is C18H19NO3. The van der Waals surface area contributed by atoms with Crippen molar-refractivity contribution in [3.8, 4) is 0 Å². The molecule has 1 saturated heterocycles. The zero-order valence-corrected chi connectivity index (χ0v) is 12.4. The summed E-state index contributed by atoms with van der Waals surface area (Å²) in [4.78, 5) is 13.5. The molecule has 0 radical (unpaired) electrons. The van der Waals surface area contributed by atoms with Crippen LogP contribution in [-0.2, 0) is 22.4 Å². The second-order valence-corrected chi connectivity index (χ2v) is 5.25. The van der Waals surface area contributed by atoms with E-state index in [1.54, 1.807) is 4.90 Å². The lowest BCUT2D eigenvalue weighted by molar-refractivity contribution is -0.0218. The lowest BCUT2D eigenvalue weighted by Gasteiger charge is -2.21. The van der Waals surface area contributed by atoms with Gasteiger partial charge in [0.2, 0.25) is 0 Å². The van der Waals surface area contributed by atoms with E-state index in [9.17, 15) is 4.79 Å². The van der Waals surface area contributed by atoms with Crippen LogP contribution >= 0.6 is 0 Å². The van der Waals surface area contributed by atoms with Crippen LogP contribution in [0.5, 0.6) is 0 Å². The molecule has 1 fully saturated rings. The number of hydrogen-bond acceptors (Lipinski definition) is 3. The molecule has 1 unspecified atom stereocenters. The lowest BCUT2D eigenvalue weighted by atomic mass is 10.2. The average Bonchev–Trinajstić information content (AvgIpc) is 2.90. The molecule has 1 aliphatic rings. The minimum atomic E-state index is -0.312. The fourth-order valence-electron chi connectivity index (χ4n) is 2.48. The van der Waals surface area contributed by atoms with E-state index >= 15 is 0 Å².